The third-order valence-corrected chi connectivity index (χ3v) is 5.43. The molecule has 1 heterocycles. The van der Waals surface area contributed by atoms with Crippen molar-refractivity contribution in [2.45, 2.75) is 32.2 Å². The van der Waals surface area contributed by atoms with Crippen LogP contribution in [0, 0.1) is 0 Å². The molecule has 0 atom stereocenters. The number of hydrogen-bond donors (Lipinski definition) is 2. The number of furan rings is 1. The Kier molecular flexibility index (Phi) is 4.34. The van der Waals surface area contributed by atoms with Crippen molar-refractivity contribution in [3.63, 3.8) is 0 Å². The molecule has 3 aromatic rings. The van der Waals surface area contributed by atoms with Crippen molar-refractivity contribution in [1.82, 2.24) is 0 Å². The highest BCUT2D eigenvalue weighted by atomic mass is 79.9. The van der Waals surface area contributed by atoms with Gasteiger partial charge in [-0.15, -0.1) is 0 Å². The Morgan fingerprint density at radius 1 is 1.20 bits per heavy atom. The van der Waals surface area contributed by atoms with Crippen LogP contribution in [-0.4, -0.2) is 12.2 Å². The van der Waals surface area contributed by atoms with Gasteiger partial charge in [-0.25, -0.2) is 0 Å². The lowest BCUT2D eigenvalue weighted by atomic mass is 9.93. The molecule has 0 radical (unpaired) electrons. The summed E-state index contributed by atoms with van der Waals surface area (Å²) in [4.78, 5) is 0. The lowest BCUT2D eigenvalue weighted by molar-refractivity contribution is 0.415. The van der Waals surface area contributed by atoms with E-state index in [1.54, 1.807) is 7.11 Å². The first kappa shape index (κ1) is 16.3. The number of methoxy groups -OCH3 is 1. The first-order valence-electron chi connectivity index (χ1n) is 8.50. The number of phenolic OH excluding ortho intramolecular Hbond substituents is 1. The van der Waals surface area contributed by atoms with E-state index in [1.165, 1.54) is 18.4 Å². The van der Waals surface area contributed by atoms with Gasteiger partial charge in [0.05, 0.1) is 11.6 Å². The van der Waals surface area contributed by atoms with Gasteiger partial charge in [-0.05, 0) is 65.5 Å². The second-order valence-electron chi connectivity index (χ2n) is 6.35. The summed E-state index contributed by atoms with van der Waals surface area (Å²) in [6.45, 7) is 0.528. The SMILES string of the molecule is COc1ccc(NCc2c(O)c(Br)cc3oc4c(c23)CCCC4)cc1. The fourth-order valence-corrected chi connectivity index (χ4v) is 3.98. The molecule has 0 fully saturated rings. The number of hydrogen-bond acceptors (Lipinski definition) is 4. The van der Waals surface area contributed by atoms with Crippen molar-refractivity contribution in [1.29, 1.82) is 0 Å². The molecular weight excluding hydrogens is 382 g/mol. The zero-order chi connectivity index (χ0) is 17.4. The van der Waals surface area contributed by atoms with Crippen LogP contribution in [0.25, 0.3) is 11.0 Å². The van der Waals surface area contributed by atoms with Gasteiger partial charge in [0.2, 0.25) is 0 Å². The summed E-state index contributed by atoms with van der Waals surface area (Å²) >= 11 is 3.45. The van der Waals surface area contributed by atoms with Crippen molar-refractivity contribution in [2.24, 2.45) is 0 Å². The van der Waals surface area contributed by atoms with Gasteiger partial charge in [0, 0.05) is 35.2 Å². The highest BCUT2D eigenvalue weighted by Gasteiger charge is 2.23. The van der Waals surface area contributed by atoms with Crippen molar-refractivity contribution in [3.05, 3.63) is 51.7 Å². The number of ether oxygens (including phenoxy) is 1. The molecule has 0 unspecified atom stereocenters. The minimum atomic E-state index is 0.280. The van der Waals surface area contributed by atoms with Crippen molar-refractivity contribution < 1.29 is 14.3 Å². The smallest absolute Gasteiger partial charge is 0.136 e. The topological polar surface area (TPSA) is 54.6 Å². The molecule has 0 aliphatic heterocycles. The number of benzene rings is 2. The molecule has 0 saturated carbocycles. The molecule has 0 saturated heterocycles. The van der Waals surface area contributed by atoms with Crippen LogP contribution in [0.1, 0.15) is 29.7 Å². The van der Waals surface area contributed by atoms with Crippen LogP contribution in [0.4, 0.5) is 5.69 Å². The van der Waals surface area contributed by atoms with E-state index < -0.39 is 0 Å². The van der Waals surface area contributed by atoms with Crippen molar-refractivity contribution in [3.8, 4) is 11.5 Å². The summed E-state index contributed by atoms with van der Waals surface area (Å²) in [6, 6.07) is 9.64. The van der Waals surface area contributed by atoms with Crippen LogP contribution < -0.4 is 10.1 Å². The largest absolute Gasteiger partial charge is 0.506 e. The van der Waals surface area contributed by atoms with Crippen LogP contribution in [0.5, 0.6) is 11.5 Å². The Morgan fingerprint density at radius 2 is 1.96 bits per heavy atom. The summed E-state index contributed by atoms with van der Waals surface area (Å²) in [5, 5.41) is 15.1. The maximum atomic E-state index is 10.6. The van der Waals surface area contributed by atoms with E-state index in [1.807, 2.05) is 30.3 Å². The number of aromatic hydroxyl groups is 1. The molecule has 0 spiro atoms. The fourth-order valence-electron chi connectivity index (χ4n) is 3.54. The number of aryl methyl sites for hydroxylation is 2. The first-order chi connectivity index (χ1) is 12.2. The Balaban J connectivity index is 1.71. The summed E-state index contributed by atoms with van der Waals surface area (Å²) in [7, 11) is 1.65. The lowest BCUT2D eigenvalue weighted by Gasteiger charge is -2.14. The quantitative estimate of drug-likeness (QED) is 0.614. The number of anilines is 1. The Labute approximate surface area is 154 Å². The molecular formula is C20H20BrNO3. The van der Waals surface area contributed by atoms with Crippen LogP contribution >= 0.6 is 15.9 Å². The average molecular weight is 402 g/mol. The van der Waals surface area contributed by atoms with E-state index in [0.29, 0.717) is 11.0 Å². The van der Waals surface area contributed by atoms with E-state index in [0.717, 1.165) is 46.6 Å². The van der Waals surface area contributed by atoms with Gasteiger partial charge in [0.1, 0.15) is 22.8 Å². The second kappa shape index (κ2) is 6.64. The fraction of sp³-hybridized carbons (Fsp3) is 0.300. The van der Waals surface area contributed by atoms with Gasteiger partial charge < -0.3 is 19.6 Å². The third kappa shape index (κ3) is 2.97. The molecule has 1 aliphatic rings. The predicted octanol–water partition coefficient (Wildman–Crippen LogP) is 5.40. The molecule has 0 bridgehead atoms. The molecule has 1 aromatic heterocycles. The number of phenols is 1. The average Bonchev–Trinajstić information content (AvgIpc) is 3.00. The standard InChI is InChI=1S/C20H20BrNO3/c1-24-13-8-6-12(7-9-13)22-11-15-19-14-4-2-3-5-17(14)25-18(19)10-16(21)20(15)23/h6-10,22-23H,2-5,11H2,1H3. The van der Waals surface area contributed by atoms with Crippen LogP contribution in [0.3, 0.4) is 0 Å². The number of fused-ring (bicyclic) bond motifs is 3. The summed E-state index contributed by atoms with van der Waals surface area (Å²) in [6.07, 6.45) is 4.33. The first-order valence-corrected chi connectivity index (χ1v) is 9.29. The molecule has 4 nitrogen and oxygen atoms in total. The van der Waals surface area contributed by atoms with Gasteiger partial charge in [0.15, 0.2) is 0 Å². The van der Waals surface area contributed by atoms with Gasteiger partial charge in [-0.2, -0.15) is 0 Å². The normalized spacial score (nSPS) is 13.7. The molecule has 2 N–H and O–H groups in total. The summed E-state index contributed by atoms with van der Waals surface area (Å²) in [5.74, 6) is 2.18. The van der Waals surface area contributed by atoms with E-state index in [9.17, 15) is 5.11 Å². The molecule has 130 valence electrons. The van der Waals surface area contributed by atoms with Crippen LogP contribution in [0.15, 0.2) is 39.2 Å². The van der Waals surface area contributed by atoms with Gasteiger partial charge in [-0.3, -0.25) is 0 Å². The minimum absolute atomic E-state index is 0.280. The van der Waals surface area contributed by atoms with Gasteiger partial charge in [0.25, 0.3) is 0 Å². The van der Waals surface area contributed by atoms with Crippen molar-refractivity contribution >= 4 is 32.6 Å². The molecule has 0 amide bonds. The van der Waals surface area contributed by atoms with Gasteiger partial charge >= 0.3 is 0 Å². The predicted molar refractivity (Wildman–Crippen MR) is 103 cm³/mol. The highest BCUT2D eigenvalue weighted by Crippen LogP contribution is 2.41. The van der Waals surface area contributed by atoms with Crippen LogP contribution in [-0.2, 0) is 19.4 Å². The molecule has 25 heavy (non-hydrogen) atoms. The van der Waals surface area contributed by atoms with Crippen molar-refractivity contribution in [2.75, 3.05) is 12.4 Å². The Hall–Kier alpha value is -2.14. The van der Waals surface area contributed by atoms with E-state index in [-0.39, 0.29) is 5.75 Å². The molecule has 2 aromatic carbocycles. The van der Waals surface area contributed by atoms with E-state index in [4.69, 9.17) is 9.15 Å². The third-order valence-electron chi connectivity index (χ3n) is 4.83. The highest BCUT2D eigenvalue weighted by molar-refractivity contribution is 9.10. The Morgan fingerprint density at radius 3 is 2.72 bits per heavy atom. The minimum Gasteiger partial charge on any atom is -0.506 e. The maximum absolute atomic E-state index is 10.6. The molecule has 1 aliphatic carbocycles. The number of nitrogens with one attached hydrogen (secondary N) is 1. The number of halogens is 1. The van der Waals surface area contributed by atoms with E-state index in [2.05, 4.69) is 21.2 Å². The Bertz CT molecular complexity index is 915. The maximum Gasteiger partial charge on any atom is 0.136 e. The van der Waals surface area contributed by atoms with Gasteiger partial charge in [-0.1, -0.05) is 0 Å². The molecule has 4 rings (SSSR count). The lowest BCUT2D eigenvalue weighted by Crippen LogP contribution is -2.03. The summed E-state index contributed by atoms with van der Waals surface area (Å²) in [5.41, 5.74) is 3.97. The monoisotopic (exact) mass is 401 g/mol. The second-order valence-corrected chi connectivity index (χ2v) is 7.21. The molecule has 5 heteroatoms. The number of rotatable bonds is 4. The van der Waals surface area contributed by atoms with Crippen LogP contribution in [0.2, 0.25) is 0 Å². The van der Waals surface area contributed by atoms with E-state index >= 15 is 0 Å². The zero-order valence-electron chi connectivity index (χ0n) is 14.1. The summed E-state index contributed by atoms with van der Waals surface area (Å²) < 4.78 is 11.9. The zero-order valence-corrected chi connectivity index (χ0v) is 15.6.